The summed E-state index contributed by atoms with van der Waals surface area (Å²) in [4.78, 5) is 15.2. The largest absolute Gasteiger partial charge is 0.385 e. The van der Waals surface area contributed by atoms with Crippen LogP contribution in [0.1, 0.15) is 16.9 Å². The topological polar surface area (TPSA) is 54.0 Å². The van der Waals surface area contributed by atoms with Gasteiger partial charge in [-0.15, -0.1) is 6.58 Å². The van der Waals surface area contributed by atoms with E-state index in [0.29, 0.717) is 5.69 Å². The molecule has 2 N–H and O–H groups in total. The zero-order valence-corrected chi connectivity index (χ0v) is 8.79. The van der Waals surface area contributed by atoms with Gasteiger partial charge in [0.2, 0.25) is 0 Å². The predicted octanol–water partition coefficient (Wildman–Crippen LogP) is 1.43. The van der Waals surface area contributed by atoms with Gasteiger partial charge >= 0.3 is 0 Å². The number of carbonyl (C=O) groups excluding carboxylic acids is 1. The molecule has 0 aromatic carbocycles. The average molecular weight is 205 g/mol. The number of pyridine rings is 1. The van der Waals surface area contributed by atoms with Crippen molar-refractivity contribution in [3.05, 3.63) is 36.7 Å². The Kier molecular flexibility index (Phi) is 4.34. The second-order valence-electron chi connectivity index (χ2n) is 3.01. The number of amides is 1. The van der Waals surface area contributed by atoms with Gasteiger partial charge in [-0.1, -0.05) is 6.08 Å². The minimum atomic E-state index is -0.178. The Morgan fingerprint density at radius 1 is 1.67 bits per heavy atom. The lowest BCUT2D eigenvalue weighted by Crippen LogP contribution is -2.19. The summed E-state index contributed by atoms with van der Waals surface area (Å²) in [6, 6.07) is 3.55. The van der Waals surface area contributed by atoms with Gasteiger partial charge in [-0.2, -0.15) is 0 Å². The van der Waals surface area contributed by atoms with E-state index in [4.69, 9.17) is 0 Å². The van der Waals surface area contributed by atoms with Gasteiger partial charge in [-0.25, -0.2) is 0 Å². The van der Waals surface area contributed by atoms with Crippen LogP contribution in [0.15, 0.2) is 31.0 Å². The van der Waals surface area contributed by atoms with Gasteiger partial charge in [-0.3, -0.25) is 9.78 Å². The fraction of sp³-hybridized carbons (Fsp3) is 0.273. The van der Waals surface area contributed by atoms with Gasteiger partial charge in [0.25, 0.3) is 5.91 Å². The maximum absolute atomic E-state index is 11.3. The van der Waals surface area contributed by atoms with Gasteiger partial charge in [0.15, 0.2) is 0 Å². The molecular formula is C11H15N3O. The van der Waals surface area contributed by atoms with E-state index in [9.17, 15) is 4.79 Å². The first-order valence-electron chi connectivity index (χ1n) is 4.81. The zero-order chi connectivity index (χ0) is 11.1. The molecule has 0 atom stereocenters. The number of rotatable bonds is 5. The van der Waals surface area contributed by atoms with Crippen LogP contribution in [-0.4, -0.2) is 24.5 Å². The number of carbonyl (C=O) groups is 1. The van der Waals surface area contributed by atoms with E-state index in [1.807, 2.05) is 12.1 Å². The molecule has 0 saturated heterocycles. The molecule has 0 aliphatic heterocycles. The van der Waals surface area contributed by atoms with Crippen molar-refractivity contribution in [2.24, 2.45) is 0 Å². The standard InChI is InChI=1S/C11H15N3O/c1-3-4-6-13-9-5-7-14-10(8-9)11(15)12-2/h3,5,7-8H,1,4,6H2,2H3,(H,12,15)(H,13,14). The van der Waals surface area contributed by atoms with Crippen LogP contribution in [0.5, 0.6) is 0 Å². The molecule has 0 bridgehead atoms. The van der Waals surface area contributed by atoms with Gasteiger partial charge in [-0.05, 0) is 18.6 Å². The second kappa shape index (κ2) is 5.80. The summed E-state index contributed by atoms with van der Waals surface area (Å²) in [7, 11) is 1.59. The lowest BCUT2D eigenvalue weighted by Gasteiger charge is -2.05. The van der Waals surface area contributed by atoms with E-state index in [1.165, 1.54) is 0 Å². The van der Waals surface area contributed by atoms with Crippen LogP contribution in [-0.2, 0) is 0 Å². The third kappa shape index (κ3) is 3.42. The van der Waals surface area contributed by atoms with Crippen LogP contribution in [0.2, 0.25) is 0 Å². The molecule has 1 heterocycles. The van der Waals surface area contributed by atoms with E-state index in [1.54, 1.807) is 19.3 Å². The van der Waals surface area contributed by atoms with Crippen molar-refractivity contribution >= 4 is 11.6 Å². The van der Waals surface area contributed by atoms with Crippen molar-refractivity contribution in [3.63, 3.8) is 0 Å². The number of nitrogens with one attached hydrogen (secondary N) is 2. The molecule has 0 radical (unpaired) electrons. The van der Waals surface area contributed by atoms with Crippen molar-refractivity contribution in [2.75, 3.05) is 18.9 Å². The molecule has 1 aromatic heterocycles. The number of hydrogen-bond acceptors (Lipinski definition) is 3. The number of aromatic nitrogens is 1. The maximum Gasteiger partial charge on any atom is 0.269 e. The number of nitrogens with zero attached hydrogens (tertiary/aromatic N) is 1. The van der Waals surface area contributed by atoms with Crippen molar-refractivity contribution in [1.29, 1.82) is 0 Å². The fourth-order valence-corrected chi connectivity index (χ4v) is 1.11. The Morgan fingerprint density at radius 3 is 3.13 bits per heavy atom. The summed E-state index contributed by atoms with van der Waals surface area (Å²) in [6.45, 7) is 4.44. The monoisotopic (exact) mass is 205 g/mol. The lowest BCUT2D eigenvalue weighted by atomic mass is 10.3. The summed E-state index contributed by atoms with van der Waals surface area (Å²) in [5.41, 5.74) is 1.31. The summed E-state index contributed by atoms with van der Waals surface area (Å²) in [5.74, 6) is -0.178. The molecular weight excluding hydrogens is 190 g/mol. The minimum absolute atomic E-state index is 0.178. The Morgan fingerprint density at radius 2 is 2.47 bits per heavy atom. The molecule has 0 spiro atoms. The van der Waals surface area contributed by atoms with Crippen molar-refractivity contribution in [2.45, 2.75) is 6.42 Å². The first-order chi connectivity index (χ1) is 7.27. The van der Waals surface area contributed by atoms with E-state index in [-0.39, 0.29) is 5.91 Å². The lowest BCUT2D eigenvalue weighted by molar-refractivity contribution is 0.0958. The summed E-state index contributed by atoms with van der Waals surface area (Å²) in [6.07, 6.45) is 4.34. The molecule has 1 rings (SSSR count). The molecule has 80 valence electrons. The minimum Gasteiger partial charge on any atom is -0.385 e. The summed E-state index contributed by atoms with van der Waals surface area (Å²) < 4.78 is 0. The van der Waals surface area contributed by atoms with Gasteiger partial charge in [0.05, 0.1) is 0 Å². The molecule has 4 nitrogen and oxygen atoms in total. The Balaban J connectivity index is 2.65. The van der Waals surface area contributed by atoms with Crippen LogP contribution in [0.25, 0.3) is 0 Å². The highest BCUT2D eigenvalue weighted by Crippen LogP contribution is 2.07. The van der Waals surface area contributed by atoms with Crippen LogP contribution < -0.4 is 10.6 Å². The molecule has 0 aliphatic carbocycles. The highest BCUT2D eigenvalue weighted by molar-refractivity contribution is 5.92. The van der Waals surface area contributed by atoms with Crippen molar-refractivity contribution in [3.8, 4) is 0 Å². The van der Waals surface area contributed by atoms with Crippen molar-refractivity contribution < 1.29 is 4.79 Å². The fourth-order valence-electron chi connectivity index (χ4n) is 1.11. The third-order valence-electron chi connectivity index (χ3n) is 1.90. The number of anilines is 1. The molecule has 0 unspecified atom stereocenters. The van der Waals surface area contributed by atoms with Gasteiger partial charge in [0.1, 0.15) is 5.69 Å². The van der Waals surface area contributed by atoms with Crippen LogP contribution in [0.4, 0.5) is 5.69 Å². The summed E-state index contributed by atoms with van der Waals surface area (Å²) >= 11 is 0. The molecule has 0 aliphatic rings. The first-order valence-corrected chi connectivity index (χ1v) is 4.81. The van der Waals surface area contributed by atoms with Gasteiger partial charge < -0.3 is 10.6 Å². The Labute approximate surface area is 89.4 Å². The molecule has 1 aromatic rings. The highest BCUT2D eigenvalue weighted by Gasteiger charge is 2.04. The summed E-state index contributed by atoms with van der Waals surface area (Å²) in [5, 5.41) is 5.70. The Bertz CT molecular complexity index is 349. The average Bonchev–Trinajstić information content (AvgIpc) is 2.29. The van der Waals surface area contributed by atoms with E-state index in [0.717, 1.165) is 18.7 Å². The normalized spacial score (nSPS) is 9.40. The second-order valence-corrected chi connectivity index (χ2v) is 3.01. The highest BCUT2D eigenvalue weighted by atomic mass is 16.1. The molecule has 1 amide bonds. The SMILES string of the molecule is C=CCCNc1ccnc(C(=O)NC)c1. The quantitative estimate of drug-likeness (QED) is 0.564. The van der Waals surface area contributed by atoms with E-state index < -0.39 is 0 Å². The number of hydrogen-bond donors (Lipinski definition) is 2. The molecule has 0 fully saturated rings. The Hall–Kier alpha value is -1.84. The molecule has 15 heavy (non-hydrogen) atoms. The third-order valence-corrected chi connectivity index (χ3v) is 1.90. The maximum atomic E-state index is 11.3. The zero-order valence-electron chi connectivity index (χ0n) is 8.79. The first kappa shape index (κ1) is 11.2. The van der Waals surface area contributed by atoms with Crippen LogP contribution in [0, 0.1) is 0 Å². The molecule has 4 heteroatoms. The molecule has 0 saturated carbocycles. The van der Waals surface area contributed by atoms with E-state index in [2.05, 4.69) is 22.2 Å². The van der Waals surface area contributed by atoms with Crippen molar-refractivity contribution in [1.82, 2.24) is 10.3 Å². The smallest absolute Gasteiger partial charge is 0.269 e. The van der Waals surface area contributed by atoms with E-state index >= 15 is 0 Å². The predicted molar refractivity (Wildman–Crippen MR) is 60.9 cm³/mol. The van der Waals surface area contributed by atoms with Crippen LogP contribution >= 0.6 is 0 Å². The van der Waals surface area contributed by atoms with Crippen LogP contribution in [0.3, 0.4) is 0 Å². The van der Waals surface area contributed by atoms with Gasteiger partial charge in [0, 0.05) is 25.5 Å².